The number of hydrogen-bond donors (Lipinski definition) is 0. The van der Waals surface area contributed by atoms with E-state index < -0.39 is 5.92 Å². The molecule has 1 unspecified atom stereocenters. The molecule has 98 valence electrons. The third-order valence-electron chi connectivity index (χ3n) is 3.12. The van der Waals surface area contributed by atoms with Crippen molar-refractivity contribution in [2.45, 2.75) is 19.3 Å². The predicted octanol–water partition coefficient (Wildman–Crippen LogP) is 4.74. The van der Waals surface area contributed by atoms with Crippen molar-refractivity contribution < 1.29 is 4.79 Å². The van der Waals surface area contributed by atoms with Crippen LogP contribution in [0.15, 0.2) is 48.5 Å². The maximum absolute atomic E-state index is 11.7. The summed E-state index contributed by atoms with van der Waals surface area (Å²) in [5.74, 6) is -0.405. The molecule has 0 aliphatic carbocycles. The first-order valence-electron chi connectivity index (χ1n) is 6.07. The van der Waals surface area contributed by atoms with E-state index in [1.54, 1.807) is 6.07 Å². The van der Waals surface area contributed by atoms with E-state index in [0.717, 1.165) is 11.1 Å². The molecular formula is C16H14Cl2O. The summed E-state index contributed by atoms with van der Waals surface area (Å²) in [4.78, 5) is 11.7. The van der Waals surface area contributed by atoms with E-state index in [9.17, 15) is 4.79 Å². The average Bonchev–Trinajstić information content (AvgIpc) is 2.39. The van der Waals surface area contributed by atoms with Gasteiger partial charge in [-0.15, -0.1) is 0 Å². The van der Waals surface area contributed by atoms with Crippen LogP contribution in [0.25, 0.3) is 0 Å². The van der Waals surface area contributed by atoms with Crippen LogP contribution in [-0.4, -0.2) is 5.24 Å². The molecule has 1 atom stereocenters. The Labute approximate surface area is 123 Å². The van der Waals surface area contributed by atoms with Gasteiger partial charge < -0.3 is 0 Å². The number of carbonyl (C=O) groups excluding carboxylic acids is 1. The Hall–Kier alpha value is -1.31. The van der Waals surface area contributed by atoms with Crippen LogP contribution in [0.1, 0.15) is 22.6 Å². The number of rotatable bonds is 4. The lowest BCUT2D eigenvalue weighted by Crippen LogP contribution is -2.10. The first-order valence-corrected chi connectivity index (χ1v) is 6.83. The van der Waals surface area contributed by atoms with Crippen molar-refractivity contribution in [3.8, 4) is 0 Å². The van der Waals surface area contributed by atoms with Gasteiger partial charge in [-0.2, -0.15) is 0 Å². The Bertz CT molecular complexity index is 576. The molecule has 2 aromatic carbocycles. The van der Waals surface area contributed by atoms with Crippen LogP contribution in [0.2, 0.25) is 5.02 Å². The van der Waals surface area contributed by atoms with Gasteiger partial charge in [0.25, 0.3) is 0 Å². The van der Waals surface area contributed by atoms with Gasteiger partial charge in [-0.25, -0.2) is 0 Å². The van der Waals surface area contributed by atoms with Crippen LogP contribution in [-0.2, 0) is 11.2 Å². The normalized spacial score (nSPS) is 12.2. The van der Waals surface area contributed by atoms with Crippen molar-refractivity contribution in [1.82, 2.24) is 0 Å². The minimum absolute atomic E-state index is 0.381. The minimum Gasteiger partial charge on any atom is -0.281 e. The lowest BCUT2D eigenvalue weighted by atomic mass is 9.92. The minimum atomic E-state index is -0.405. The first kappa shape index (κ1) is 14.1. The van der Waals surface area contributed by atoms with Gasteiger partial charge in [-0.3, -0.25) is 4.79 Å². The first-order chi connectivity index (χ1) is 9.08. The molecule has 2 rings (SSSR count). The second-order valence-corrected chi connectivity index (χ2v) is 5.35. The maximum Gasteiger partial charge on any atom is 0.229 e. The van der Waals surface area contributed by atoms with Gasteiger partial charge >= 0.3 is 0 Å². The van der Waals surface area contributed by atoms with Crippen LogP contribution in [0.4, 0.5) is 0 Å². The highest BCUT2D eigenvalue weighted by Gasteiger charge is 2.21. The number of carbonyl (C=O) groups is 1. The van der Waals surface area contributed by atoms with Gasteiger partial charge in [0.1, 0.15) is 0 Å². The Morgan fingerprint density at radius 1 is 1.11 bits per heavy atom. The highest BCUT2D eigenvalue weighted by atomic mass is 35.5. The Kier molecular flexibility index (Phi) is 4.62. The van der Waals surface area contributed by atoms with Crippen molar-refractivity contribution in [3.05, 3.63) is 70.2 Å². The van der Waals surface area contributed by atoms with E-state index in [0.29, 0.717) is 11.4 Å². The fourth-order valence-electron chi connectivity index (χ4n) is 2.03. The van der Waals surface area contributed by atoms with Crippen molar-refractivity contribution in [1.29, 1.82) is 0 Å². The number of hydrogen-bond acceptors (Lipinski definition) is 1. The highest BCUT2D eigenvalue weighted by molar-refractivity contribution is 6.64. The number of aryl methyl sites for hydroxylation is 1. The fourth-order valence-corrected chi connectivity index (χ4v) is 2.49. The van der Waals surface area contributed by atoms with Crippen LogP contribution in [0, 0.1) is 6.92 Å². The molecule has 19 heavy (non-hydrogen) atoms. The molecule has 0 aliphatic rings. The molecule has 0 radical (unpaired) electrons. The Morgan fingerprint density at radius 2 is 1.74 bits per heavy atom. The largest absolute Gasteiger partial charge is 0.281 e. The topological polar surface area (TPSA) is 17.1 Å². The van der Waals surface area contributed by atoms with E-state index in [-0.39, 0.29) is 5.24 Å². The standard InChI is InChI=1S/C16H14Cl2O/c1-11-6-8-12(9-7-11)10-14(16(18)19)13-4-2-3-5-15(13)17/h2-9,14H,10H2,1H3. The smallest absolute Gasteiger partial charge is 0.229 e. The fraction of sp³-hybridized carbons (Fsp3) is 0.188. The van der Waals surface area contributed by atoms with Gasteiger partial charge in [0.15, 0.2) is 0 Å². The van der Waals surface area contributed by atoms with E-state index in [1.165, 1.54) is 5.56 Å². The van der Waals surface area contributed by atoms with Crippen molar-refractivity contribution >= 4 is 28.4 Å². The van der Waals surface area contributed by atoms with Gasteiger partial charge in [0.2, 0.25) is 5.24 Å². The number of benzene rings is 2. The van der Waals surface area contributed by atoms with Crippen molar-refractivity contribution in [2.24, 2.45) is 0 Å². The van der Waals surface area contributed by atoms with Gasteiger partial charge in [0, 0.05) is 5.02 Å². The Balaban J connectivity index is 2.29. The summed E-state index contributed by atoms with van der Waals surface area (Å²) in [6.07, 6.45) is 0.562. The summed E-state index contributed by atoms with van der Waals surface area (Å²) < 4.78 is 0. The van der Waals surface area contributed by atoms with Crippen LogP contribution in [0.3, 0.4) is 0 Å². The molecule has 0 aromatic heterocycles. The maximum atomic E-state index is 11.7. The lowest BCUT2D eigenvalue weighted by molar-refractivity contribution is -0.113. The molecule has 3 heteroatoms. The van der Waals surface area contributed by atoms with E-state index in [4.69, 9.17) is 23.2 Å². The van der Waals surface area contributed by atoms with Crippen LogP contribution < -0.4 is 0 Å². The molecule has 0 bridgehead atoms. The summed E-state index contributed by atoms with van der Waals surface area (Å²) in [7, 11) is 0. The highest BCUT2D eigenvalue weighted by Crippen LogP contribution is 2.29. The molecule has 2 aromatic rings. The predicted molar refractivity (Wildman–Crippen MR) is 79.9 cm³/mol. The summed E-state index contributed by atoms with van der Waals surface area (Å²) in [5, 5.41) is 0.197. The molecule has 0 aliphatic heterocycles. The molecule has 0 heterocycles. The molecule has 0 spiro atoms. The third-order valence-corrected chi connectivity index (χ3v) is 3.72. The Morgan fingerprint density at radius 3 is 2.32 bits per heavy atom. The van der Waals surface area contributed by atoms with Crippen LogP contribution in [0.5, 0.6) is 0 Å². The van der Waals surface area contributed by atoms with Crippen LogP contribution >= 0.6 is 23.2 Å². The van der Waals surface area contributed by atoms with Gasteiger partial charge in [-0.05, 0) is 42.1 Å². The zero-order chi connectivity index (χ0) is 13.8. The van der Waals surface area contributed by atoms with E-state index in [2.05, 4.69) is 0 Å². The summed E-state index contributed by atoms with van der Waals surface area (Å²) in [5.41, 5.74) is 3.05. The monoisotopic (exact) mass is 292 g/mol. The third kappa shape index (κ3) is 3.59. The molecule has 0 fully saturated rings. The van der Waals surface area contributed by atoms with E-state index in [1.807, 2.05) is 49.4 Å². The number of halogens is 2. The van der Waals surface area contributed by atoms with Crippen molar-refractivity contribution in [2.75, 3.05) is 0 Å². The molecular weight excluding hydrogens is 279 g/mol. The quantitative estimate of drug-likeness (QED) is 0.744. The molecule has 0 saturated carbocycles. The summed E-state index contributed by atoms with van der Waals surface area (Å²) in [6.45, 7) is 2.03. The average molecular weight is 293 g/mol. The molecule has 0 N–H and O–H groups in total. The lowest BCUT2D eigenvalue weighted by Gasteiger charge is -2.14. The zero-order valence-electron chi connectivity index (χ0n) is 10.6. The second kappa shape index (κ2) is 6.23. The second-order valence-electron chi connectivity index (χ2n) is 4.57. The van der Waals surface area contributed by atoms with E-state index >= 15 is 0 Å². The SMILES string of the molecule is Cc1ccc(CC(C(=O)Cl)c2ccccc2Cl)cc1. The zero-order valence-corrected chi connectivity index (χ0v) is 12.1. The van der Waals surface area contributed by atoms with Gasteiger partial charge in [0.05, 0.1) is 5.92 Å². The summed E-state index contributed by atoms with van der Waals surface area (Å²) >= 11 is 11.9. The molecule has 0 amide bonds. The van der Waals surface area contributed by atoms with Crippen molar-refractivity contribution in [3.63, 3.8) is 0 Å². The molecule has 1 nitrogen and oxygen atoms in total. The van der Waals surface area contributed by atoms with Gasteiger partial charge in [-0.1, -0.05) is 59.6 Å². The molecule has 0 saturated heterocycles. The summed E-state index contributed by atoms with van der Waals surface area (Å²) in [6, 6.07) is 15.4.